The van der Waals surface area contributed by atoms with Gasteiger partial charge in [-0.05, 0) is 44.5 Å². The van der Waals surface area contributed by atoms with E-state index in [1.807, 2.05) is 13.8 Å². The van der Waals surface area contributed by atoms with Crippen LogP contribution in [0, 0.1) is 0 Å². The van der Waals surface area contributed by atoms with E-state index in [-0.39, 0.29) is 17.9 Å². The number of carbonyl (C=O) groups is 2. The molecule has 2 unspecified atom stereocenters. The van der Waals surface area contributed by atoms with Crippen molar-refractivity contribution in [2.75, 3.05) is 0 Å². The Kier molecular flexibility index (Phi) is 5.83. The van der Waals surface area contributed by atoms with Crippen LogP contribution in [0.15, 0.2) is 24.3 Å². The first kappa shape index (κ1) is 15.5. The Morgan fingerprint density at radius 3 is 2.26 bits per heavy atom. The average molecular weight is 283 g/mol. The lowest BCUT2D eigenvalue weighted by atomic mass is 10.2. The molecule has 4 nitrogen and oxygen atoms in total. The summed E-state index contributed by atoms with van der Waals surface area (Å²) >= 11 is 5.75. The largest absolute Gasteiger partial charge is 0.352 e. The number of benzene rings is 1. The third-order valence-corrected chi connectivity index (χ3v) is 3.10. The monoisotopic (exact) mass is 282 g/mol. The Hall–Kier alpha value is -1.55. The molecule has 104 valence electrons. The van der Waals surface area contributed by atoms with Crippen molar-refractivity contribution >= 4 is 23.4 Å². The van der Waals surface area contributed by atoms with Gasteiger partial charge in [-0.3, -0.25) is 9.59 Å². The van der Waals surface area contributed by atoms with Gasteiger partial charge >= 0.3 is 0 Å². The maximum Gasteiger partial charge on any atom is 0.251 e. The molecule has 2 N–H and O–H groups in total. The second kappa shape index (κ2) is 7.14. The minimum atomic E-state index is -0.572. The van der Waals surface area contributed by atoms with Crippen molar-refractivity contribution in [3.63, 3.8) is 0 Å². The van der Waals surface area contributed by atoms with E-state index in [0.717, 1.165) is 6.42 Å². The molecule has 1 rings (SSSR count). The van der Waals surface area contributed by atoms with Crippen LogP contribution in [0.5, 0.6) is 0 Å². The molecule has 0 saturated carbocycles. The van der Waals surface area contributed by atoms with Crippen LogP contribution >= 0.6 is 11.6 Å². The number of hydrogen-bond acceptors (Lipinski definition) is 2. The first-order valence-corrected chi connectivity index (χ1v) is 6.68. The number of halogens is 1. The normalized spacial score (nSPS) is 13.5. The van der Waals surface area contributed by atoms with Crippen molar-refractivity contribution in [1.29, 1.82) is 0 Å². The molecule has 2 amide bonds. The van der Waals surface area contributed by atoms with Crippen molar-refractivity contribution in [3.8, 4) is 0 Å². The van der Waals surface area contributed by atoms with E-state index in [4.69, 9.17) is 11.6 Å². The van der Waals surface area contributed by atoms with E-state index >= 15 is 0 Å². The summed E-state index contributed by atoms with van der Waals surface area (Å²) in [6.07, 6.45) is 0.851. The van der Waals surface area contributed by atoms with Crippen LogP contribution in [0.3, 0.4) is 0 Å². The molecule has 2 atom stereocenters. The summed E-state index contributed by atoms with van der Waals surface area (Å²) in [6.45, 7) is 5.57. The van der Waals surface area contributed by atoms with E-state index < -0.39 is 6.04 Å². The van der Waals surface area contributed by atoms with Crippen LogP contribution in [-0.4, -0.2) is 23.9 Å². The van der Waals surface area contributed by atoms with Crippen LogP contribution in [-0.2, 0) is 4.79 Å². The Morgan fingerprint density at radius 1 is 1.16 bits per heavy atom. The predicted octanol–water partition coefficient (Wildman–Crippen LogP) is 2.37. The van der Waals surface area contributed by atoms with Crippen molar-refractivity contribution in [2.45, 2.75) is 39.3 Å². The third-order valence-electron chi connectivity index (χ3n) is 2.85. The standard InChI is InChI=1S/C14H19ClN2O2/c1-4-9(2)16-13(18)10(3)17-14(19)11-5-7-12(15)8-6-11/h5-10H,4H2,1-3H3,(H,16,18)(H,17,19). The highest BCUT2D eigenvalue weighted by atomic mass is 35.5. The minimum absolute atomic E-state index is 0.0994. The van der Waals surface area contributed by atoms with Gasteiger partial charge in [0.25, 0.3) is 5.91 Å². The van der Waals surface area contributed by atoms with Crippen molar-refractivity contribution in [3.05, 3.63) is 34.9 Å². The summed E-state index contributed by atoms with van der Waals surface area (Å²) in [7, 11) is 0. The molecule has 0 heterocycles. The topological polar surface area (TPSA) is 58.2 Å². The van der Waals surface area contributed by atoms with Gasteiger partial charge in [-0.15, -0.1) is 0 Å². The Labute approximate surface area is 118 Å². The highest BCUT2D eigenvalue weighted by Crippen LogP contribution is 2.09. The second-order valence-corrected chi connectivity index (χ2v) is 4.96. The lowest BCUT2D eigenvalue weighted by molar-refractivity contribution is -0.123. The maximum absolute atomic E-state index is 11.9. The smallest absolute Gasteiger partial charge is 0.251 e. The molecular weight excluding hydrogens is 264 g/mol. The Morgan fingerprint density at radius 2 is 1.74 bits per heavy atom. The molecular formula is C14H19ClN2O2. The van der Waals surface area contributed by atoms with Crippen LogP contribution < -0.4 is 10.6 Å². The number of carbonyl (C=O) groups excluding carboxylic acids is 2. The Balaban J connectivity index is 2.56. The van der Waals surface area contributed by atoms with Crippen LogP contribution in [0.2, 0.25) is 5.02 Å². The SMILES string of the molecule is CCC(C)NC(=O)C(C)NC(=O)c1ccc(Cl)cc1. The van der Waals surface area contributed by atoms with E-state index in [0.29, 0.717) is 10.6 Å². The molecule has 0 aliphatic heterocycles. The zero-order valence-corrected chi connectivity index (χ0v) is 12.1. The van der Waals surface area contributed by atoms with E-state index in [9.17, 15) is 9.59 Å². The van der Waals surface area contributed by atoms with Gasteiger partial charge in [-0.25, -0.2) is 0 Å². The van der Waals surface area contributed by atoms with E-state index in [1.165, 1.54) is 0 Å². The van der Waals surface area contributed by atoms with Crippen LogP contribution in [0.1, 0.15) is 37.6 Å². The first-order valence-electron chi connectivity index (χ1n) is 6.30. The zero-order chi connectivity index (χ0) is 14.4. The number of rotatable bonds is 5. The van der Waals surface area contributed by atoms with Crippen molar-refractivity contribution in [2.24, 2.45) is 0 Å². The van der Waals surface area contributed by atoms with Gasteiger partial charge < -0.3 is 10.6 Å². The lowest BCUT2D eigenvalue weighted by Crippen LogP contribution is -2.47. The fourth-order valence-corrected chi connectivity index (χ4v) is 1.54. The van der Waals surface area contributed by atoms with E-state index in [2.05, 4.69) is 10.6 Å². The quantitative estimate of drug-likeness (QED) is 0.871. The molecule has 0 bridgehead atoms. The summed E-state index contributed by atoms with van der Waals surface area (Å²) in [5.41, 5.74) is 0.479. The van der Waals surface area contributed by atoms with Gasteiger partial charge in [0.05, 0.1) is 0 Å². The summed E-state index contributed by atoms with van der Waals surface area (Å²) in [4.78, 5) is 23.7. The molecule has 0 spiro atoms. The molecule has 0 fully saturated rings. The average Bonchev–Trinajstić information content (AvgIpc) is 2.38. The van der Waals surface area contributed by atoms with Gasteiger partial charge in [0, 0.05) is 16.6 Å². The van der Waals surface area contributed by atoms with Crippen molar-refractivity contribution in [1.82, 2.24) is 10.6 Å². The summed E-state index contributed by atoms with van der Waals surface area (Å²) in [6, 6.07) is 6.05. The van der Waals surface area contributed by atoms with E-state index in [1.54, 1.807) is 31.2 Å². The summed E-state index contributed by atoms with van der Waals surface area (Å²) < 4.78 is 0. The van der Waals surface area contributed by atoms with Gasteiger partial charge in [0.15, 0.2) is 0 Å². The number of nitrogens with one attached hydrogen (secondary N) is 2. The predicted molar refractivity (Wildman–Crippen MR) is 76.3 cm³/mol. The third kappa shape index (κ3) is 4.91. The van der Waals surface area contributed by atoms with Gasteiger partial charge in [0.1, 0.15) is 6.04 Å². The molecule has 19 heavy (non-hydrogen) atoms. The fourth-order valence-electron chi connectivity index (χ4n) is 1.42. The Bertz CT molecular complexity index is 445. The van der Waals surface area contributed by atoms with Gasteiger partial charge in [0.2, 0.25) is 5.91 Å². The summed E-state index contributed by atoms with van der Waals surface area (Å²) in [5, 5.41) is 6.04. The number of amides is 2. The van der Waals surface area contributed by atoms with Crippen molar-refractivity contribution < 1.29 is 9.59 Å². The number of hydrogen-bond donors (Lipinski definition) is 2. The molecule has 1 aromatic carbocycles. The molecule has 1 aromatic rings. The van der Waals surface area contributed by atoms with Gasteiger partial charge in [-0.1, -0.05) is 18.5 Å². The molecule has 0 radical (unpaired) electrons. The fraction of sp³-hybridized carbons (Fsp3) is 0.429. The molecule has 0 aliphatic rings. The highest BCUT2D eigenvalue weighted by Gasteiger charge is 2.17. The molecule has 0 aromatic heterocycles. The summed E-state index contributed by atoms with van der Waals surface area (Å²) in [5.74, 6) is -0.472. The lowest BCUT2D eigenvalue weighted by Gasteiger charge is -2.17. The molecule has 0 saturated heterocycles. The first-order chi connectivity index (χ1) is 8.93. The highest BCUT2D eigenvalue weighted by molar-refractivity contribution is 6.30. The minimum Gasteiger partial charge on any atom is -0.352 e. The second-order valence-electron chi connectivity index (χ2n) is 4.52. The van der Waals surface area contributed by atoms with Crippen LogP contribution in [0.4, 0.5) is 0 Å². The van der Waals surface area contributed by atoms with Gasteiger partial charge in [-0.2, -0.15) is 0 Å². The molecule has 5 heteroatoms. The van der Waals surface area contributed by atoms with Crippen LogP contribution in [0.25, 0.3) is 0 Å². The maximum atomic E-state index is 11.9. The zero-order valence-electron chi connectivity index (χ0n) is 11.4. The molecule has 0 aliphatic carbocycles.